The predicted molar refractivity (Wildman–Crippen MR) is 211 cm³/mol. The fourth-order valence-corrected chi connectivity index (χ4v) is 11.5. The summed E-state index contributed by atoms with van der Waals surface area (Å²) in [6.45, 7) is 0.598. The summed E-state index contributed by atoms with van der Waals surface area (Å²) in [4.78, 5) is 33.7. The van der Waals surface area contributed by atoms with Crippen LogP contribution < -0.4 is 33.2 Å². The number of aliphatic hydroxyl groups is 6. The lowest BCUT2D eigenvalue weighted by molar-refractivity contribution is -0.346. The molecular formula is C40H71N7O11. The number of guanidine groups is 1. The van der Waals surface area contributed by atoms with Gasteiger partial charge in [-0.3, -0.25) is 14.6 Å². The van der Waals surface area contributed by atoms with E-state index in [0.29, 0.717) is 31.6 Å². The van der Waals surface area contributed by atoms with Crippen molar-refractivity contribution in [3.8, 4) is 0 Å². The molecule has 3 saturated heterocycles. The second-order valence-corrected chi connectivity index (χ2v) is 18.1. The van der Waals surface area contributed by atoms with Crippen LogP contribution in [0.25, 0.3) is 0 Å². The summed E-state index contributed by atoms with van der Waals surface area (Å²) in [5.74, 6) is -4.23. The molecule has 0 aromatic heterocycles. The second-order valence-electron chi connectivity index (χ2n) is 18.1. The minimum absolute atomic E-state index is 0.0319. The summed E-state index contributed by atoms with van der Waals surface area (Å²) in [6.07, 6.45) is -3.09. The van der Waals surface area contributed by atoms with Crippen LogP contribution in [0.5, 0.6) is 0 Å². The molecule has 15 N–H and O–H groups in total. The number of fused-ring (bicyclic) bond motifs is 2. The first-order valence-electron chi connectivity index (χ1n) is 21.6. The van der Waals surface area contributed by atoms with Crippen LogP contribution in [0, 0.1) is 47.3 Å². The molecule has 3 aliphatic heterocycles. The van der Waals surface area contributed by atoms with Crippen LogP contribution in [0.4, 0.5) is 0 Å². The van der Waals surface area contributed by atoms with Gasteiger partial charge < -0.3 is 78.0 Å². The lowest BCUT2D eigenvalue weighted by Crippen LogP contribution is -2.68. The minimum Gasteiger partial charge on any atom is -0.396 e. The van der Waals surface area contributed by atoms with Gasteiger partial charge in [-0.05, 0) is 101 Å². The van der Waals surface area contributed by atoms with Crippen molar-refractivity contribution in [3.63, 3.8) is 0 Å². The minimum atomic E-state index is -2.00. The highest BCUT2D eigenvalue weighted by Crippen LogP contribution is 2.52. The number of nitrogens with zero attached hydrogens (tertiary/aromatic N) is 1. The molecule has 6 rings (SSSR count). The Morgan fingerprint density at radius 3 is 2.36 bits per heavy atom. The average Bonchev–Trinajstić information content (AvgIpc) is 3.21. The van der Waals surface area contributed by atoms with Crippen molar-refractivity contribution in [3.05, 3.63) is 0 Å². The third kappa shape index (κ3) is 9.59. The summed E-state index contributed by atoms with van der Waals surface area (Å²) in [6, 6.07) is -0.544. The van der Waals surface area contributed by atoms with Gasteiger partial charge in [0.05, 0.1) is 49.1 Å². The summed E-state index contributed by atoms with van der Waals surface area (Å²) >= 11 is 0. The van der Waals surface area contributed by atoms with E-state index in [-0.39, 0.29) is 74.0 Å². The molecule has 332 valence electrons. The van der Waals surface area contributed by atoms with Crippen LogP contribution in [-0.4, -0.2) is 156 Å². The third-order valence-electron chi connectivity index (χ3n) is 14.8. The largest absolute Gasteiger partial charge is 0.396 e. The second kappa shape index (κ2) is 19.9. The van der Waals surface area contributed by atoms with E-state index in [2.05, 4.69) is 20.9 Å². The summed E-state index contributed by atoms with van der Waals surface area (Å²) in [5.41, 5.74) is 16.3. The SMILES string of the molecule is CN=C(N)NC(CCO)C1C(CCC2CCC(N)NC2)CC2C(=O)C3CC(OC)CC(O[C@H]4O[C@H](CO)[C@](O)(CCC5CCNC(N)C5)[C@H](O)[C@H]4O)C3C(=O)C2C1O. The van der Waals surface area contributed by atoms with Gasteiger partial charge in [-0.25, -0.2) is 0 Å². The number of nitrogens with two attached hydrogens (primary N) is 3. The van der Waals surface area contributed by atoms with Crippen LogP contribution in [0.3, 0.4) is 0 Å². The number of nitrogens with one attached hydrogen (secondary N) is 3. The van der Waals surface area contributed by atoms with E-state index in [9.17, 15) is 40.2 Å². The van der Waals surface area contributed by atoms with E-state index >= 15 is 0 Å². The summed E-state index contributed by atoms with van der Waals surface area (Å²) in [7, 11) is 3.05. The quantitative estimate of drug-likeness (QED) is 0.0630. The number of Topliss-reactive ketones (excluding diaryl/α,β-unsaturated/α-hetero) is 2. The zero-order valence-corrected chi connectivity index (χ0v) is 34.1. The number of ether oxygens (including phenoxy) is 3. The fraction of sp³-hybridized carbons (Fsp3) is 0.925. The Balaban J connectivity index is 1.24. The van der Waals surface area contributed by atoms with E-state index in [1.54, 1.807) is 0 Å². The van der Waals surface area contributed by atoms with Crippen molar-refractivity contribution in [2.45, 2.75) is 144 Å². The lowest BCUT2D eigenvalue weighted by atomic mass is 9.52. The predicted octanol–water partition coefficient (Wildman–Crippen LogP) is -2.62. The van der Waals surface area contributed by atoms with Gasteiger partial charge in [-0.2, -0.15) is 0 Å². The van der Waals surface area contributed by atoms with Gasteiger partial charge in [-0.1, -0.05) is 0 Å². The van der Waals surface area contributed by atoms with Crippen LogP contribution >= 0.6 is 0 Å². The molecule has 0 radical (unpaired) electrons. The van der Waals surface area contributed by atoms with Crippen molar-refractivity contribution in [1.29, 1.82) is 0 Å². The zero-order chi connectivity index (χ0) is 41.9. The molecule has 0 bridgehead atoms. The highest BCUT2D eigenvalue weighted by atomic mass is 16.7. The Labute approximate surface area is 341 Å². The van der Waals surface area contributed by atoms with E-state index in [1.807, 2.05) is 0 Å². The molecule has 0 aromatic rings. The molecule has 6 fully saturated rings. The smallest absolute Gasteiger partial charge is 0.188 e. The van der Waals surface area contributed by atoms with Crippen molar-refractivity contribution in [1.82, 2.24) is 16.0 Å². The average molecular weight is 826 g/mol. The number of ketones is 2. The first-order chi connectivity index (χ1) is 27.7. The maximum atomic E-state index is 15.0. The molecule has 18 nitrogen and oxygen atoms in total. The van der Waals surface area contributed by atoms with Gasteiger partial charge >= 0.3 is 0 Å². The normalized spacial score (nSPS) is 45.6. The van der Waals surface area contributed by atoms with E-state index in [1.165, 1.54) is 14.2 Å². The zero-order valence-electron chi connectivity index (χ0n) is 34.1. The van der Waals surface area contributed by atoms with E-state index in [4.69, 9.17) is 31.4 Å². The van der Waals surface area contributed by atoms with Crippen LogP contribution in [0.1, 0.15) is 77.0 Å². The van der Waals surface area contributed by atoms with Gasteiger partial charge in [0.25, 0.3) is 0 Å². The highest BCUT2D eigenvalue weighted by molar-refractivity contribution is 6.00. The molecule has 58 heavy (non-hydrogen) atoms. The monoisotopic (exact) mass is 826 g/mol. The number of piperidine rings is 2. The number of carbonyl (C=O) groups is 2. The number of hydrogen-bond donors (Lipinski definition) is 12. The van der Waals surface area contributed by atoms with E-state index in [0.717, 1.165) is 38.8 Å². The molecule has 0 amide bonds. The summed E-state index contributed by atoms with van der Waals surface area (Å²) < 4.78 is 18.2. The van der Waals surface area contributed by atoms with Gasteiger partial charge in [-0.15, -0.1) is 0 Å². The number of aliphatic imine (C=N–C) groups is 1. The van der Waals surface area contributed by atoms with E-state index < -0.39 is 90.8 Å². The summed E-state index contributed by atoms with van der Waals surface area (Å²) in [5, 5.41) is 77.2. The molecular weight excluding hydrogens is 754 g/mol. The van der Waals surface area contributed by atoms with Gasteiger partial charge in [0.2, 0.25) is 0 Å². The van der Waals surface area contributed by atoms with Gasteiger partial charge in [0, 0.05) is 51.0 Å². The third-order valence-corrected chi connectivity index (χ3v) is 14.8. The molecule has 6 aliphatic rings. The van der Waals surface area contributed by atoms with Crippen molar-refractivity contribution < 1.29 is 54.4 Å². The van der Waals surface area contributed by atoms with Gasteiger partial charge in [0.1, 0.15) is 35.5 Å². The Morgan fingerprint density at radius 1 is 0.948 bits per heavy atom. The number of methoxy groups -OCH3 is 1. The molecule has 3 saturated carbocycles. The maximum absolute atomic E-state index is 15.0. The Kier molecular flexibility index (Phi) is 15.6. The molecule has 14 unspecified atom stereocenters. The van der Waals surface area contributed by atoms with Crippen molar-refractivity contribution in [2.24, 2.45) is 69.5 Å². The Morgan fingerprint density at radius 2 is 1.71 bits per heavy atom. The molecule has 3 heterocycles. The standard InChI is InChI=1S/C40H71N7O11/c1-44-39(43)47-25(9-12-48)30-21(5-3-20-4-6-28(41)46-17-20)14-23-32(34(30)51)35(52)31-24(33(23)50)15-22(56-2)16-26(31)57-38-36(53)37(54)40(55,27(18-49)58-38)10-7-19-8-11-45-29(42)13-19/h19-32,34,36-38,45-46,48-49,51,53-55H,3-18,41-42H2,1-2H3,(H3,43,44,47)/t19?,20?,21?,22?,23?,24?,25?,26?,27-,28?,29?,30?,31?,32?,34?,36-,37-,38+,40-/m1/s1. The number of hydrogen-bond acceptors (Lipinski definition) is 16. The molecule has 0 aromatic carbocycles. The molecule has 3 aliphatic carbocycles. The first kappa shape index (κ1) is 45.6. The van der Waals surface area contributed by atoms with Crippen LogP contribution in [0.15, 0.2) is 4.99 Å². The Hall–Kier alpha value is -1.91. The number of aliphatic hydroxyl groups excluding tert-OH is 5. The maximum Gasteiger partial charge on any atom is 0.188 e. The number of carbonyl (C=O) groups excluding carboxylic acids is 2. The molecule has 19 atom stereocenters. The first-order valence-corrected chi connectivity index (χ1v) is 21.6. The van der Waals surface area contributed by atoms with Crippen LogP contribution in [0.2, 0.25) is 0 Å². The van der Waals surface area contributed by atoms with Crippen LogP contribution in [-0.2, 0) is 23.8 Å². The highest BCUT2D eigenvalue weighted by Gasteiger charge is 2.62. The van der Waals surface area contributed by atoms with Gasteiger partial charge in [0.15, 0.2) is 12.2 Å². The fourth-order valence-electron chi connectivity index (χ4n) is 11.5. The number of rotatable bonds is 14. The topological polar surface area (TPSA) is 310 Å². The molecule has 0 spiro atoms. The van der Waals surface area contributed by atoms with Crippen molar-refractivity contribution in [2.75, 3.05) is 40.5 Å². The lowest BCUT2D eigenvalue weighted by Gasteiger charge is -2.54. The molecule has 18 heteroatoms. The van der Waals surface area contributed by atoms with Crippen molar-refractivity contribution >= 4 is 17.5 Å². The Bertz CT molecular complexity index is 1400.